The number of carbonyl (C=O) groups is 1. The number of methoxy groups -OCH3 is 1. The van der Waals surface area contributed by atoms with Gasteiger partial charge in [0.1, 0.15) is 5.82 Å². The SMILES string of the molecule is COC(=O)c1cnc(N2Cc3ccccc3C2)cn1. The Morgan fingerprint density at radius 1 is 1.16 bits per heavy atom. The first-order valence-corrected chi connectivity index (χ1v) is 6.00. The van der Waals surface area contributed by atoms with E-state index in [1.54, 1.807) is 6.20 Å². The van der Waals surface area contributed by atoms with Crippen LogP contribution in [0.2, 0.25) is 0 Å². The van der Waals surface area contributed by atoms with Crippen molar-refractivity contribution in [3.05, 3.63) is 53.5 Å². The third kappa shape index (κ3) is 2.14. The Morgan fingerprint density at radius 3 is 2.37 bits per heavy atom. The first kappa shape index (κ1) is 11.6. The highest BCUT2D eigenvalue weighted by Gasteiger charge is 2.20. The highest BCUT2D eigenvalue weighted by molar-refractivity contribution is 5.86. The lowest BCUT2D eigenvalue weighted by atomic mass is 10.1. The number of rotatable bonds is 2. The topological polar surface area (TPSA) is 55.3 Å². The minimum atomic E-state index is -0.469. The lowest BCUT2D eigenvalue weighted by Gasteiger charge is -2.15. The van der Waals surface area contributed by atoms with Gasteiger partial charge in [-0.2, -0.15) is 0 Å². The van der Waals surface area contributed by atoms with Crippen LogP contribution in [0.25, 0.3) is 0 Å². The third-order valence-electron chi connectivity index (χ3n) is 3.20. The summed E-state index contributed by atoms with van der Waals surface area (Å²) in [5, 5.41) is 0. The number of benzene rings is 1. The molecule has 0 aliphatic carbocycles. The largest absolute Gasteiger partial charge is 0.464 e. The number of esters is 1. The van der Waals surface area contributed by atoms with Crippen LogP contribution < -0.4 is 4.90 Å². The van der Waals surface area contributed by atoms with Gasteiger partial charge in [-0.15, -0.1) is 0 Å². The van der Waals surface area contributed by atoms with Crippen LogP contribution in [0.3, 0.4) is 0 Å². The zero-order chi connectivity index (χ0) is 13.2. The minimum absolute atomic E-state index is 0.225. The maximum absolute atomic E-state index is 11.3. The van der Waals surface area contributed by atoms with Crippen molar-refractivity contribution in [1.82, 2.24) is 9.97 Å². The summed E-state index contributed by atoms with van der Waals surface area (Å²) >= 11 is 0. The Labute approximate surface area is 110 Å². The fourth-order valence-electron chi connectivity index (χ4n) is 2.19. The molecule has 5 heteroatoms. The lowest BCUT2D eigenvalue weighted by Crippen LogP contribution is -2.17. The van der Waals surface area contributed by atoms with Crippen LogP contribution in [0.4, 0.5) is 5.82 Å². The molecule has 0 unspecified atom stereocenters. The molecule has 0 spiro atoms. The van der Waals surface area contributed by atoms with Crippen LogP contribution in [-0.2, 0) is 17.8 Å². The second-order valence-electron chi connectivity index (χ2n) is 4.38. The molecule has 0 amide bonds. The van der Waals surface area contributed by atoms with E-state index in [0.717, 1.165) is 18.9 Å². The molecule has 0 fully saturated rings. The molecule has 96 valence electrons. The molecule has 0 bridgehead atoms. The average molecular weight is 255 g/mol. The van der Waals surface area contributed by atoms with Gasteiger partial charge in [-0.25, -0.2) is 14.8 Å². The van der Waals surface area contributed by atoms with Crippen molar-refractivity contribution >= 4 is 11.8 Å². The molecule has 1 aliphatic rings. The van der Waals surface area contributed by atoms with E-state index in [1.807, 2.05) is 12.1 Å². The van der Waals surface area contributed by atoms with Gasteiger partial charge in [-0.3, -0.25) is 0 Å². The molecule has 1 aromatic carbocycles. The summed E-state index contributed by atoms with van der Waals surface area (Å²) in [6, 6.07) is 8.31. The summed E-state index contributed by atoms with van der Waals surface area (Å²) in [4.78, 5) is 21.8. The molecular formula is C14H13N3O2. The predicted octanol–water partition coefficient (Wildman–Crippen LogP) is 1.78. The number of carbonyl (C=O) groups excluding carboxylic acids is 1. The summed E-state index contributed by atoms with van der Waals surface area (Å²) in [6.07, 6.45) is 3.06. The van der Waals surface area contributed by atoms with Crippen molar-refractivity contribution in [2.24, 2.45) is 0 Å². The molecule has 0 saturated carbocycles. The molecule has 0 radical (unpaired) electrons. The van der Waals surface area contributed by atoms with Crippen molar-refractivity contribution in [2.45, 2.75) is 13.1 Å². The van der Waals surface area contributed by atoms with Gasteiger partial charge in [0.25, 0.3) is 0 Å². The fraction of sp³-hybridized carbons (Fsp3) is 0.214. The van der Waals surface area contributed by atoms with Crippen LogP contribution >= 0.6 is 0 Å². The molecule has 2 heterocycles. The van der Waals surface area contributed by atoms with Crippen molar-refractivity contribution in [1.29, 1.82) is 0 Å². The van der Waals surface area contributed by atoms with Crippen LogP contribution in [0, 0.1) is 0 Å². The van der Waals surface area contributed by atoms with Gasteiger partial charge in [0, 0.05) is 13.1 Å². The van der Waals surface area contributed by atoms with Crippen molar-refractivity contribution < 1.29 is 9.53 Å². The fourth-order valence-corrected chi connectivity index (χ4v) is 2.19. The van der Waals surface area contributed by atoms with E-state index in [-0.39, 0.29) is 5.69 Å². The number of hydrogen-bond acceptors (Lipinski definition) is 5. The smallest absolute Gasteiger partial charge is 0.358 e. The summed E-state index contributed by atoms with van der Waals surface area (Å²) in [7, 11) is 1.33. The van der Waals surface area contributed by atoms with Crippen LogP contribution in [0.1, 0.15) is 21.6 Å². The Bertz CT molecular complexity index is 585. The molecule has 1 aliphatic heterocycles. The first-order chi connectivity index (χ1) is 9.28. The molecule has 3 rings (SSSR count). The predicted molar refractivity (Wildman–Crippen MR) is 69.7 cm³/mol. The second kappa shape index (κ2) is 4.68. The quantitative estimate of drug-likeness (QED) is 0.766. The van der Waals surface area contributed by atoms with Gasteiger partial charge in [0.05, 0.1) is 19.5 Å². The monoisotopic (exact) mass is 255 g/mol. The minimum Gasteiger partial charge on any atom is -0.464 e. The number of nitrogens with zero attached hydrogens (tertiary/aromatic N) is 3. The molecule has 5 nitrogen and oxygen atoms in total. The molecule has 0 saturated heterocycles. The summed E-state index contributed by atoms with van der Waals surface area (Å²) in [5.41, 5.74) is 2.84. The van der Waals surface area contributed by atoms with E-state index in [4.69, 9.17) is 0 Å². The van der Waals surface area contributed by atoms with Crippen molar-refractivity contribution in [3.8, 4) is 0 Å². The molecular weight excluding hydrogens is 242 g/mol. The van der Waals surface area contributed by atoms with Crippen LogP contribution in [-0.4, -0.2) is 23.0 Å². The molecule has 0 N–H and O–H groups in total. The van der Waals surface area contributed by atoms with Crippen LogP contribution in [0.5, 0.6) is 0 Å². The highest BCUT2D eigenvalue weighted by atomic mass is 16.5. The molecule has 2 aromatic rings. The van der Waals surface area contributed by atoms with E-state index in [1.165, 1.54) is 24.4 Å². The highest BCUT2D eigenvalue weighted by Crippen LogP contribution is 2.26. The zero-order valence-electron chi connectivity index (χ0n) is 10.5. The van der Waals surface area contributed by atoms with E-state index >= 15 is 0 Å². The Hall–Kier alpha value is -2.43. The van der Waals surface area contributed by atoms with Crippen LogP contribution in [0.15, 0.2) is 36.7 Å². The van der Waals surface area contributed by atoms with E-state index < -0.39 is 5.97 Å². The van der Waals surface area contributed by atoms with Crippen molar-refractivity contribution in [3.63, 3.8) is 0 Å². The first-order valence-electron chi connectivity index (χ1n) is 6.00. The normalized spacial score (nSPS) is 13.2. The number of ether oxygens (including phenoxy) is 1. The molecule has 19 heavy (non-hydrogen) atoms. The van der Waals surface area contributed by atoms with Gasteiger partial charge in [0.15, 0.2) is 5.69 Å². The number of aromatic nitrogens is 2. The van der Waals surface area contributed by atoms with E-state index in [0.29, 0.717) is 0 Å². The number of anilines is 1. The number of fused-ring (bicyclic) bond motifs is 1. The Morgan fingerprint density at radius 2 is 1.84 bits per heavy atom. The number of hydrogen-bond donors (Lipinski definition) is 0. The lowest BCUT2D eigenvalue weighted by molar-refractivity contribution is 0.0593. The molecule has 1 aromatic heterocycles. The van der Waals surface area contributed by atoms with Gasteiger partial charge >= 0.3 is 5.97 Å². The zero-order valence-corrected chi connectivity index (χ0v) is 10.5. The van der Waals surface area contributed by atoms with Gasteiger partial charge in [-0.1, -0.05) is 24.3 Å². The Kier molecular flexibility index (Phi) is 2.87. The maximum atomic E-state index is 11.3. The van der Waals surface area contributed by atoms with Gasteiger partial charge < -0.3 is 9.64 Å². The third-order valence-corrected chi connectivity index (χ3v) is 3.20. The maximum Gasteiger partial charge on any atom is 0.358 e. The average Bonchev–Trinajstić information content (AvgIpc) is 2.90. The standard InChI is InChI=1S/C14H13N3O2/c1-19-14(18)12-6-16-13(7-15-12)17-8-10-4-2-3-5-11(10)9-17/h2-7H,8-9H2,1H3. The van der Waals surface area contributed by atoms with Gasteiger partial charge in [0.2, 0.25) is 0 Å². The van der Waals surface area contributed by atoms with Crippen molar-refractivity contribution in [2.75, 3.05) is 12.0 Å². The summed E-state index contributed by atoms with van der Waals surface area (Å²) in [5.74, 6) is 0.299. The van der Waals surface area contributed by atoms with E-state index in [2.05, 4.69) is 31.7 Å². The summed E-state index contributed by atoms with van der Waals surface area (Å²) in [6.45, 7) is 1.64. The molecule has 0 atom stereocenters. The second-order valence-corrected chi connectivity index (χ2v) is 4.38. The summed E-state index contributed by atoms with van der Waals surface area (Å²) < 4.78 is 4.60. The van der Waals surface area contributed by atoms with Gasteiger partial charge in [-0.05, 0) is 11.1 Å². The van der Waals surface area contributed by atoms with E-state index in [9.17, 15) is 4.79 Å². The Balaban J connectivity index is 1.80.